The zero-order valence-electron chi connectivity index (χ0n) is 10.4. The normalized spacial score (nSPS) is 12.3. The summed E-state index contributed by atoms with van der Waals surface area (Å²) in [6.07, 6.45) is 0. The van der Waals surface area contributed by atoms with Crippen molar-refractivity contribution in [1.82, 2.24) is 4.72 Å². The molecule has 1 aromatic rings. The Morgan fingerprint density at radius 2 is 1.83 bits per heavy atom. The van der Waals surface area contributed by atoms with E-state index < -0.39 is 21.4 Å². The molecule has 0 aliphatic heterocycles. The van der Waals surface area contributed by atoms with Crippen LogP contribution >= 0.6 is 0 Å². The highest BCUT2D eigenvalue weighted by atomic mass is 32.2. The second-order valence-corrected chi connectivity index (χ2v) is 6.56. The van der Waals surface area contributed by atoms with E-state index in [1.165, 1.54) is 13.8 Å². The zero-order valence-corrected chi connectivity index (χ0v) is 11.2. The molecule has 0 spiro atoms. The molecule has 0 unspecified atom stereocenters. The molecule has 0 heterocycles. The highest BCUT2D eigenvalue weighted by molar-refractivity contribution is 7.88. The number of carboxylic acid groups (broad SMARTS) is 1. The molecule has 1 aromatic carbocycles. The van der Waals surface area contributed by atoms with Gasteiger partial charge in [-0.3, -0.25) is 4.79 Å². The molecule has 0 saturated carbocycles. The molecule has 0 amide bonds. The predicted octanol–water partition coefficient (Wildman–Crippen LogP) is 1.22. The molecule has 0 saturated heterocycles. The summed E-state index contributed by atoms with van der Waals surface area (Å²) >= 11 is 0. The molecule has 1 rings (SSSR count). The Balaban J connectivity index is 2.64. The predicted molar refractivity (Wildman–Crippen MR) is 68.5 cm³/mol. The molecule has 0 aliphatic carbocycles. The summed E-state index contributed by atoms with van der Waals surface area (Å²) in [5.41, 5.74) is -0.456. The van der Waals surface area contributed by atoms with Gasteiger partial charge in [-0.15, -0.1) is 0 Å². The Hall–Kier alpha value is -1.40. The first kappa shape index (κ1) is 14.7. The third-order valence-corrected chi connectivity index (χ3v) is 3.81. The quantitative estimate of drug-likeness (QED) is 0.814. The van der Waals surface area contributed by atoms with Crippen LogP contribution in [0.2, 0.25) is 0 Å². The molecule has 6 heteroatoms. The third-order valence-electron chi connectivity index (χ3n) is 2.51. The van der Waals surface area contributed by atoms with Gasteiger partial charge in [0.25, 0.3) is 0 Å². The lowest BCUT2D eigenvalue weighted by molar-refractivity contribution is -0.146. The Bertz CT molecular complexity index is 508. The lowest BCUT2D eigenvalue weighted by Gasteiger charge is -2.19. The van der Waals surface area contributed by atoms with Gasteiger partial charge in [0, 0.05) is 6.54 Å². The molecule has 0 aromatic heterocycles. The molecule has 0 atom stereocenters. The zero-order chi connectivity index (χ0) is 13.8. The maximum atomic E-state index is 11.8. The number of hydrogen-bond acceptors (Lipinski definition) is 3. The molecule has 0 bridgehead atoms. The van der Waals surface area contributed by atoms with Crippen molar-refractivity contribution in [1.29, 1.82) is 0 Å². The number of carbonyl (C=O) groups is 1. The summed E-state index contributed by atoms with van der Waals surface area (Å²) in [7, 11) is -3.51. The van der Waals surface area contributed by atoms with E-state index in [0.29, 0.717) is 5.56 Å². The molecule has 0 aliphatic rings. The lowest BCUT2D eigenvalue weighted by atomic mass is 9.95. The van der Waals surface area contributed by atoms with Crippen LogP contribution in [0.25, 0.3) is 0 Å². The van der Waals surface area contributed by atoms with Crippen LogP contribution in [0, 0.1) is 5.41 Å². The van der Waals surface area contributed by atoms with Crippen LogP contribution in [0.3, 0.4) is 0 Å². The van der Waals surface area contributed by atoms with Crippen molar-refractivity contribution in [2.75, 3.05) is 6.54 Å². The Labute approximate surface area is 107 Å². The summed E-state index contributed by atoms with van der Waals surface area (Å²) in [5.74, 6) is -1.19. The second-order valence-electron chi connectivity index (χ2n) is 4.75. The molecule has 2 N–H and O–H groups in total. The number of nitrogens with one attached hydrogen (secondary N) is 1. The van der Waals surface area contributed by atoms with Crippen molar-refractivity contribution in [2.24, 2.45) is 5.41 Å². The SMILES string of the molecule is CC(C)(CNS(=O)(=O)Cc1ccccc1)C(=O)O. The van der Waals surface area contributed by atoms with Gasteiger partial charge in [0.05, 0.1) is 11.2 Å². The monoisotopic (exact) mass is 271 g/mol. The molecular formula is C12H17NO4S. The van der Waals surface area contributed by atoms with Crippen molar-refractivity contribution >= 4 is 16.0 Å². The highest BCUT2D eigenvalue weighted by Gasteiger charge is 2.28. The van der Waals surface area contributed by atoms with Crippen LogP contribution in [0.5, 0.6) is 0 Å². The van der Waals surface area contributed by atoms with Crippen LogP contribution in [0.1, 0.15) is 19.4 Å². The van der Waals surface area contributed by atoms with Crippen LogP contribution in [0.4, 0.5) is 0 Å². The van der Waals surface area contributed by atoms with Crippen LogP contribution in [0.15, 0.2) is 30.3 Å². The minimum Gasteiger partial charge on any atom is -0.481 e. The van der Waals surface area contributed by atoms with Crippen LogP contribution in [-0.4, -0.2) is 26.0 Å². The van der Waals surface area contributed by atoms with E-state index >= 15 is 0 Å². The van der Waals surface area contributed by atoms with Crippen LogP contribution in [-0.2, 0) is 20.6 Å². The van der Waals surface area contributed by atoms with Gasteiger partial charge in [-0.2, -0.15) is 0 Å². The van der Waals surface area contributed by atoms with Gasteiger partial charge in [-0.1, -0.05) is 30.3 Å². The topological polar surface area (TPSA) is 83.5 Å². The standard InChI is InChI=1S/C12H17NO4S/c1-12(2,11(14)15)9-13-18(16,17)8-10-6-4-3-5-7-10/h3-7,13H,8-9H2,1-2H3,(H,14,15). The van der Waals surface area contributed by atoms with Crippen LogP contribution < -0.4 is 4.72 Å². The average molecular weight is 271 g/mol. The summed E-state index contributed by atoms with van der Waals surface area (Å²) in [6, 6.07) is 8.73. The van der Waals surface area contributed by atoms with Gasteiger partial charge >= 0.3 is 5.97 Å². The Kier molecular flexibility index (Phi) is 4.48. The van der Waals surface area contributed by atoms with Crippen molar-refractivity contribution in [3.63, 3.8) is 0 Å². The molecule has 0 radical (unpaired) electrons. The lowest BCUT2D eigenvalue weighted by Crippen LogP contribution is -2.39. The van der Waals surface area contributed by atoms with E-state index in [0.717, 1.165) is 0 Å². The van der Waals surface area contributed by atoms with E-state index in [1.807, 2.05) is 0 Å². The fourth-order valence-electron chi connectivity index (χ4n) is 1.21. The van der Waals surface area contributed by atoms with Gasteiger partial charge < -0.3 is 5.11 Å². The first-order valence-corrected chi connectivity index (χ1v) is 7.13. The fraction of sp³-hybridized carbons (Fsp3) is 0.417. The molecular weight excluding hydrogens is 254 g/mol. The van der Waals surface area contributed by atoms with Crippen molar-refractivity contribution in [3.8, 4) is 0 Å². The first-order chi connectivity index (χ1) is 8.23. The largest absolute Gasteiger partial charge is 0.481 e. The molecule has 0 fully saturated rings. The first-order valence-electron chi connectivity index (χ1n) is 5.48. The maximum absolute atomic E-state index is 11.8. The number of benzene rings is 1. The van der Waals surface area contributed by atoms with Gasteiger partial charge in [-0.25, -0.2) is 13.1 Å². The number of rotatable bonds is 6. The van der Waals surface area contributed by atoms with Gasteiger partial charge in [0.15, 0.2) is 0 Å². The highest BCUT2D eigenvalue weighted by Crippen LogP contribution is 2.14. The van der Waals surface area contributed by atoms with Crippen molar-refractivity contribution in [2.45, 2.75) is 19.6 Å². The summed E-state index contributed by atoms with van der Waals surface area (Å²) in [6.45, 7) is 2.82. The number of carboxylic acids is 1. The average Bonchev–Trinajstić information content (AvgIpc) is 2.27. The van der Waals surface area contributed by atoms with E-state index in [4.69, 9.17) is 5.11 Å². The Morgan fingerprint density at radius 1 is 1.28 bits per heavy atom. The van der Waals surface area contributed by atoms with E-state index in [9.17, 15) is 13.2 Å². The number of hydrogen-bond donors (Lipinski definition) is 2. The number of aliphatic carboxylic acids is 1. The summed E-state index contributed by atoms with van der Waals surface area (Å²) < 4.78 is 25.9. The van der Waals surface area contributed by atoms with Gasteiger partial charge in [0.1, 0.15) is 0 Å². The summed E-state index contributed by atoms with van der Waals surface area (Å²) in [4.78, 5) is 10.9. The van der Waals surface area contributed by atoms with Crippen molar-refractivity contribution in [3.05, 3.63) is 35.9 Å². The Morgan fingerprint density at radius 3 is 2.33 bits per heavy atom. The smallest absolute Gasteiger partial charge is 0.310 e. The minimum atomic E-state index is -3.51. The van der Waals surface area contributed by atoms with Gasteiger partial charge in [0.2, 0.25) is 10.0 Å². The van der Waals surface area contributed by atoms with Crippen molar-refractivity contribution < 1.29 is 18.3 Å². The maximum Gasteiger partial charge on any atom is 0.310 e. The van der Waals surface area contributed by atoms with E-state index in [2.05, 4.69) is 4.72 Å². The third kappa shape index (κ3) is 4.46. The summed E-state index contributed by atoms with van der Waals surface area (Å²) in [5, 5.41) is 8.89. The molecule has 18 heavy (non-hydrogen) atoms. The fourth-order valence-corrected chi connectivity index (χ4v) is 2.52. The van der Waals surface area contributed by atoms with Gasteiger partial charge in [-0.05, 0) is 19.4 Å². The second kappa shape index (κ2) is 5.49. The number of sulfonamides is 1. The molecule has 5 nitrogen and oxygen atoms in total. The minimum absolute atomic E-state index is 0.127. The molecule has 100 valence electrons. The van der Waals surface area contributed by atoms with E-state index in [-0.39, 0.29) is 12.3 Å². The van der Waals surface area contributed by atoms with E-state index in [1.54, 1.807) is 30.3 Å².